The smallest absolute Gasteiger partial charge is 0.230 e. The van der Waals surface area contributed by atoms with Crippen molar-refractivity contribution in [2.45, 2.75) is 24.8 Å². The highest BCUT2D eigenvalue weighted by Crippen LogP contribution is 2.36. The van der Waals surface area contributed by atoms with Gasteiger partial charge in [0.1, 0.15) is 0 Å². The first kappa shape index (κ1) is 18.2. The van der Waals surface area contributed by atoms with Crippen LogP contribution in [0.5, 0.6) is 0 Å². The summed E-state index contributed by atoms with van der Waals surface area (Å²) in [6.45, 7) is 2.37. The molecule has 2 aliphatic rings. The van der Waals surface area contributed by atoms with Crippen LogP contribution in [0.1, 0.15) is 35.1 Å². The molecule has 25 heavy (non-hydrogen) atoms. The van der Waals surface area contributed by atoms with Gasteiger partial charge in [0.15, 0.2) is 0 Å². The topological polar surface area (TPSA) is 32.3 Å². The molecule has 2 atom stereocenters. The van der Waals surface area contributed by atoms with Gasteiger partial charge in [0, 0.05) is 24.7 Å². The fourth-order valence-corrected chi connectivity index (χ4v) is 4.19. The largest absolute Gasteiger partial charge is 0.333 e. The quantitative estimate of drug-likeness (QED) is 0.859. The second kappa shape index (κ2) is 7.77. The molecule has 0 saturated carbocycles. The van der Waals surface area contributed by atoms with E-state index < -0.39 is 0 Å². The van der Waals surface area contributed by atoms with Crippen LogP contribution in [0.25, 0.3) is 0 Å². The number of amides is 1. The zero-order chi connectivity index (χ0) is 16.5. The van der Waals surface area contributed by atoms with E-state index in [2.05, 4.69) is 34.5 Å². The van der Waals surface area contributed by atoms with Gasteiger partial charge in [-0.25, -0.2) is 0 Å². The molecule has 1 aliphatic carbocycles. The maximum absolute atomic E-state index is 13.3. The Hall–Kier alpha value is -1.55. The molecule has 2 unspecified atom stereocenters. The second-order valence-corrected chi connectivity index (χ2v) is 7.03. The predicted octanol–water partition coefficient (Wildman–Crippen LogP) is 3.96. The molecule has 1 amide bonds. The Morgan fingerprint density at radius 2 is 2.00 bits per heavy atom. The standard InChI is InChI=1S/C20H21ClN2O.ClH/c21-16-6-3-5-15(12-16)19-13-22-10-11-23(19)20(24)18-9-8-14-4-1-2-7-17(14)18;/h1-7,12,18-19,22H,8-11,13H2;1H. The molecule has 1 saturated heterocycles. The van der Waals surface area contributed by atoms with Crippen LogP contribution >= 0.6 is 24.0 Å². The Labute approximate surface area is 159 Å². The average molecular weight is 377 g/mol. The van der Waals surface area contributed by atoms with E-state index in [1.54, 1.807) is 0 Å². The number of carbonyl (C=O) groups is 1. The lowest BCUT2D eigenvalue weighted by Gasteiger charge is -2.38. The highest BCUT2D eigenvalue weighted by atomic mass is 35.5. The molecular weight excluding hydrogens is 355 g/mol. The third-order valence-corrected chi connectivity index (χ3v) is 5.43. The van der Waals surface area contributed by atoms with Crippen molar-refractivity contribution < 1.29 is 4.79 Å². The summed E-state index contributed by atoms with van der Waals surface area (Å²) >= 11 is 6.16. The van der Waals surface area contributed by atoms with Crippen molar-refractivity contribution in [3.8, 4) is 0 Å². The fraction of sp³-hybridized carbons (Fsp3) is 0.350. The average Bonchev–Trinajstić information content (AvgIpc) is 3.05. The summed E-state index contributed by atoms with van der Waals surface area (Å²) in [5.41, 5.74) is 3.64. The summed E-state index contributed by atoms with van der Waals surface area (Å²) in [4.78, 5) is 15.3. The number of aryl methyl sites for hydroxylation is 1. The second-order valence-electron chi connectivity index (χ2n) is 6.60. The van der Waals surface area contributed by atoms with Gasteiger partial charge in [-0.3, -0.25) is 4.79 Å². The number of hydrogen-bond donors (Lipinski definition) is 1. The minimum atomic E-state index is 0. The van der Waals surface area contributed by atoms with E-state index in [4.69, 9.17) is 11.6 Å². The van der Waals surface area contributed by atoms with Gasteiger partial charge < -0.3 is 10.2 Å². The summed E-state index contributed by atoms with van der Waals surface area (Å²) in [5, 5.41) is 4.13. The minimum absolute atomic E-state index is 0. The first-order valence-corrected chi connectivity index (χ1v) is 8.96. The van der Waals surface area contributed by atoms with Crippen LogP contribution in [0, 0.1) is 0 Å². The molecule has 132 valence electrons. The molecule has 1 fully saturated rings. The summed E-state index contributed by atoms with van der Waals surface area (Å²) in [6, 6.07) is 16.3. The molecule has 0 spiro atoms. The molecular formula is C20H22Cl2N2O. The number of nitrogens with zero attached hydrogens (tertiary/aromatic N) is 1. The Morgan fingerprint density at radius 1 is 1.16 bits per heavy atom. The van der Waals surface area contributed by atoms with Crippen molar-refractivity contribution in [3.63, 3.8) is 0 Å². The van der Waals surface area contributed by atoms with Gasteiger partial charge in [0.2, 0.25) is 5.91 Å². The summed E-state index contributed by atoms with van der Waals surface area (Å²) in [6.07, 6.45) is 1.92. The van der Waals surface area contributed by atoms with Crippen molar-refractivity contribution >= 4 is 29.9 Å². The zero-order valence-corrected chi connectivity index (χ0v) is 15.5. The van der Waals surface area contributed by atoms with Gasteiger partial charge >= 0.3 is 0 Å². The minimum Gasteiger partial charge on any atom is -0.333 e. The monoisotopic (exact) mass is 376 g/mol. The van der Waals surface area contributed by atoms with Crippen molar-refractivity contribution in [1.29, 1.82) is 0 Å². The van der Waals surface area contributed by atoms with Crippen molar-refractivity contribution in [3.05, 3.63) is 70.2 Å². The molecule has 2 aromatic rings. The van der Waals surface area contributed by atoms with Crippen LogP contribution < -0.4 is 5.32 Å². The molecule has 5 heteroatoms. The zero-order valence-electron chi connectivity index (χ0n) is 14.0. The van der Waals surface area contributed by atoms with Crippen molar-refractivity contribution in [1.82, 2.24) is 10.2 Å². The van der Waals surface area contributed by atoms with Gasteiger partial charge in [-0.1, -0.05) is 48.0 Å². The van der Waals surface area contributed by atoms with Gasteiger partial charge in [-0.2, -0.15) is 0 Å². The number of nitrogens with one attached hydrogen (secondary N) is 1. The normalized spacial score (nSPS) is 22.2. The molecule has 0 radical (unpaired) electrons. The molecule has 2 aromatic carbocycles. The van der Waals surface area contributed by atoms with E-state index in [1.165, 1.54) is 11.1 Å². The van der Waals surface area contributed by atoms with Crippen LogP contribution in [0.3, 0.4) is 0 Å². The van der Waals surface area contributed by atoms with E-state index >= 15 is 0 Å². The number of benzene rings is 2. The maximum Gasteiger partial charge on any atom is 0.230 e. The Balaban J connectivity index is 0.00000182. The number of fused-ring (bicyclic) bond motifs is 1. The fourth-order valence-electron chi connectivity index (χ4n) is 3.99. The molecule has 0 bridgehead atoms. The van der Waals surface area contributed by atoms with Crippen LogP contribution in [0.15, 0.2) is 48.5 Å². The lowest BCUT2D eigenvalue weighted by molar-refractivity contribution is -0.136. The Morgan fingerprint density at radius 3 is 2.84 bits per heavy atom. The van der Waals surface area contributed by atoms with E-state index in [9.17, 15) is 4.79 Å². The summed E-state index contributed by atoms with van der Waals surface area (Å²) in [5.74, 6) is 0.257. The lowest BCUT2D eigenvalue weighted by atomic mass is 9.96. The highest BCUT2D eigenvalue weighted by molar-refractivity contribution is 6.30. The molecule has 4 rings (SSSR count). The first-order valence-electron chi connectivity index (χ1n) is 8.58. The van der Waals surface area contributed by atoms with Crippen LogP contribution in [-0.2, 0) is 11.2 Å². The third kappa shape index (κ3) is 3.55. The van der Waals surface area contributed by atoms with Gasteiger partial charge in [0.05, 0.1) is 12.0 Å². The first-order chi connectivity index (χ1) is 11.7. The van der Waals surface area contributed by atoms with Gasteiger partial charge in [-0.15, -0.1) is 12.4 Å². The number of halogens is 2. The lowest BCUT2D eigenvalue weighted by Crippen LogP contribution is -2.49. The van der Waals surface area contributed by atoms with E-state index in [-0.39, 0.29) is 30.3 Å². The molecule has 1 heterocycles. The maximum atomic E-state index is 13.3. The molecule has 3 nitrogen and oxygen atoms in total. The molecule has 0 aromatic heterocycles. The van der Waals surface area contributed by atoms with Crippen LogP contribution in [-0.4, -0.2) is 30.4 Å². The van der Waals surface area contributed by atoms with Crippen molar-refractivity contribution in [2.75, 3.05) is 19.6 Å². The van der Waals surface area contributed by atoms with Crippen LogP contribution in [0.2, 0.25) is 5.02 Å². The molecule has 1 N–H and O–H groups in total. The van der Waals surface area contributed by atoms with E-state index in [1.807, 2.05) is 24.3 Å². The predicted molar refractivity (Wildman–Crippen MR) is 104 cm³/mol. The Bertz CT molecular complexity index is 765. The SMILES string of the molecule is Cl.O=C(C1CCc2ccccc21)N1CCNCC1c1cccc(Cl)c1. The van der Waals surface area contributed by atoms with Gasteiger partial charge in [0.25, 0.3) is 0 Å². The summed E-state index contributed by atoms with van der Waals surface area (Å²) in [7, 11) is 0. The number of piperazine rings is 1. The number of rotatable bonds is 2. The van der Waals surface area contributed by atoms with Crippen molar-refractivity contribution in [2.24, 2.45) is 0 Å². The Kier molecular flexibility index (Phi) is 5.67. The van der Waals surface area contributed by atoms with Crippen LogP contribution in [0.4, 0.5) is 0 Å². The van der Waals surface area contributed by atoms with E-state index in [0.29, 0.717) is 0 Å². The molecule has 1 aliphatic heterocycles. The highest BCUT2D eigenvalue weighted by Gasteiger charge is 2.36. The van der Waals surface area contributed by atoms with E-state index in [0.717, 1.165) is 43.1 Å². The third-order valence-electron chi connectivity index (χ3n) is 5.19. The number of carbonyl (C=O) groups excluding carboxylic acids is 1. The summed E-state index contributed by atoms with van der Waals surface area (Å²) < 4.78 is 0. The number of hydrogen-bond acceptors (Lipinski definition) is 2. The van der Waals surface area contributed by atoms with Gasteiger partial charge in [-0.05, 0) is 41.7 Å².